The van der Waals surface area contributed by atoms with Gasteiger partial charge >= 0.3 is 0 Å². The van der Waals surface area contributed by atoms with Gasteiger partial charge in [0.05, 0.1) is 17.9 Å². The molecule has 0 saturated carbocycles. The first kappa shape index (κ1) is 21.2. The maximum absolute atomic E-state index is 12.9. The monoisotopic (exact) mass is 378 g/mol. The van der Waals surface area contributed by atoms with Crippen molar-refractivity contribution in [2.24, 2.45) is 11.8 Å². The number of Topliss-reactive ketones (excluding diaryl/α,β-unsaturated/α-hetero) is 1. The van der Waals surface area contributed by atoms with Crippen molar-refractivity contribution in [3.05, 3.63) is 23.7 Å². The number of carbonyl (C=O) groups excluding carboxylic acids is 3. The Morgan fingerprint density at radius 2 is 2.00 bits per heavy atom. The molecule has 150 valence electrons. The van der Waals surface area contributed by atoms with Crippen molar-refractivity contribution in [3.63, 3.8) is 0 Å². The lowest BCUT2D eigenvalue weighted by Gasteiger charge is -2.26. The van der Waals surface area contributed by atoms with Crippen molar-refractivity contribution >= 4 is 17.6 Å². The molecule has 0 radical (unpaired) electrons. The summed E-state index contributed by atoms with van der Waals surface area (Å²) in [4.78, 5) is 37.5. The molecule has 1 saturated heterocycles. The number of amides is 2. The van der Waals surface area contributed by atoms with Crippen LogP contribution in [0.1, 0.15) is 56.7 Å². The molecule has 1 aromatic rings. The Bertz CT molecular complexity index is 682. The average Bonchev–Trinajstić information content (AvgIpc) is 3.20. The zero-order chi connectivity index (χ0) is 20.1. The third kappa shape index (κ3) is 5.19. The van der Waals surface area contributed by atoms with E-state index in [0.29, 0.717) is 30.1 Å². The van der Waals surface area contributed by atoms with Gasteiger partial charge in [-0.2, -0.15) is 0 Å². The van der Waals surface area contributed by atoms with Gasteiger partial charge in [0.2, 0.25) is 5.91 Å². The number of hydrogen-bond acceptors (Lipinski definition) is 5. The molecule has 2 N–H and O–H groups in total. The zero-order valence-corrected chi connectivity index (χ0v) is 16.7. The third-order valence-electron chi connectivity index (χ3n) is 5.33. The molecular weight excluding hydrogens is 348 g/mol. The van der Waals surface area contributed by atoms with E-state index in [1.54, 1.807) is 13.0 Å². The Morgan fingerprint density at radius 3 is 2.56 bits per heavy atom. The van der Waals surface area contributed by atoms with E-state index >= 15 is 0 Å². The summed E-state index contributed by atoms with van der Waals surface area (Å²) in [5.41, 5.74) is 0.400. The van der Waals surface area contributed by atoms with E-state index in [2.05, 4.69) is 24.5 Å². The number of aryl methyl sites for hydroxylation is 1. The Balaban J connectivity index is 2.13. The van der Waals surface area contributed by atoms with Crippen LogP contribution in [0.25, 0.3) is 0 Å². The first-order valence-corrected chi connectivity index (χ1v) is 9.54. The van der Waals surface area contributed by atoms with Crippen LogP contribution < -0.4 is 10.6 Å². The highest BCUT2D eigenvalue weighted by molar-refractivity contribution is 5.99. The van der Waals surface area contributed by atoms with E-state index in [-0.39, 0.29) is 36.2 Å². The summed E-state index contributed by atoms with van der Waals surface area (Å²) in [6, 6.07) is 0.175. The second kappa shape index (κ2) is 9.17. The molecule has 0 bridgehead atoms. The Hall–Kier alpha value is -2.15. The fraction of sp³-hybridized carbons (Fsp3) is 0.650. The highest BCUT2D eigenvalue weighted by Crippen LogP contribution is 2.19. The van der Waals surface area contributed by atoms with Crippen molar-refractivity contribution in [2.75, 3.05) is 6.61 Å². The number of furan rings is 1. The second-order valence-corrected chi connectivity index (χ2v) is 7.58. The van der Waals surface area contributed by atoms with Crippen molar-refractivity contribution < 1.29 is 23.5 Å². The van der Waals surface area contributed by atoms with Gasteiger partial charge in [0.1, 0.15) is 24.5 Å². The van der Waals surface area contributed by atoms with Gasteiger partial charge in [0.25, 0.3) is 5.91 Å². The van der Waals surface area contributed by atoms with E-state index in [1.807, 2.05) is 13.8 Å². The van der Waals surface area contributed by atoms with Gasteiger partial charge in [-0.25, -0.2) is 0 Å². The molecule has 1 fully saturated rings. The molecule has 1 aliphatic rings. The summed E-state index contributed by atoms with van der Waals surface area (Å²) < 4.78 is 10.6. The van der Waals surface area contributed by atoms with Crippen LogP contribution in [0.4, 0.5) is 0 Å². The molecular formula is C20H30N2O5. The number of rotatable bonds is 8. The molecule has 2 amide bonds. The van der Waals surface area contributed by atoms with E-state index in [9.17, 15) is 14.4 Å². The number of hydrogen-bond donors (Lipinski definition) is 2. The van der Waals surface area contributed by atoms with E-state index in [0.717, 1.165) is 0 Å². The predicted octanol–water partition coefficient (Wildman–Crippen LogP) is 2.23. The molecule has 2 rings (SSSR count). The first-order valence-electron chi connectivity index (χ1n) is 9.54. The predicted molar refractivity (Wildman–Crippen MR) is 100 cm³/mol. The van der Waals surface area contributed by atoms with E-state index in [4.69, 9.17) is 9.15 Å². The largest absolute Gasteiger partial charge is 0.469 e. The van der Waals surface area contributed by atoms with E-state index in [1.165, 1.54) is 6.26 Å². The Kier molecular flexibility index (Phi) is 7.18. The topological polar surface area (TPSA) is 97.6 Å². The van der Waals surface area contributed by atoms with Crippen LogP contribution in [0, 0.1) is 18.8 Å². The maximum atomic E-state index is 12.9. The summed E-state index contributed by atoms with van der Waals surface area (Å²) in [7, 11) is 0. The third-order valence-corrected chi connectivity index (χ3v) is 5.33. The number of carbonyl (C=O) groups is 3. The summed E-state index contributed by atoms with van der Waals surface area (Å²) in [6.07, 6.45) is 2.22. The number of nitrogens with one attached hydrogen (secondary N) is 2. The zero-order valence-electron chi connectivity index (χ0n) is 16.7. The van der Waals surface area contributed by atoms with Gasteiger partial charge in [-0.3, -0.25) is 14.4 Å². The minimum absolute atomic E-state index is 0.0110. The lowest BCUT2D eigenvalue weighted by atomic mass is 9.90. The number of ketones is 1. The standard InChI is InChI=1S/C20H30N2O5/c1-6-17-18(16(23)10-27-17)22-20(25)15(9-12(4)11(2)3)21-19(24)14-7-8-26-13(14)5/h7-8,11-12,15,17-18H,6,9-10H2,1-5H3,(H,21,24)(H,22,25). The summed E-state index contributed by atoms with van der Waals surface area (Å²) in [6.45, 7) is 9.80. The molecule has 7 heteroatoms. The molecule has 0 spiro atoms. The fourth-order valence-electron chi connectivity index (χ4n) is 3.10. The molecule has 7 nitrogen and oxygen atoms in total. The van der Waals surface area contributed by atoms with Crippen LogP contribution in [0.3, 0.4) is 0 Å². The summed E-state index contributed by atoms with van der Waals surface area (Å²) >= 11 is 0. The first-order chi connectivity index (χ1) is 12.7. The summed E-state index contributed by atoms with van der Waals surface area (Å²) in [5.74, 6) is 0.200. The molecule has 2 heterocycles. The molecule has 1 aliphatic heterocycles. The molecule has 27 heavy (non-hydrogen) atoms. The minimum Gasteiger partial charge on any atom is -0.469 e. The van der Waals surface area contributed by atoms with Crippen LogP contribution in [0.2, 0.25) is 0 Å². The molecule has 4 unspecified atom stereocenters. The van der Waals surface area contributed by atoms with Crippen LogP contribution in [-0.4, -0.2) is 42.4 Å². The van der Waals surface area contributed by atoms with Crippen molar-refractivity contribution in [3.8, 4) is 0 Å². The van der Waals surface area contributed by atoms with Gasteiger partial charge in [-0.1, -0.05) is 27.7 Å². The quantitative estimate of drug-likeness (QED) is 0.723. The molecule has 0 aromatic carbocycles. The number of ether oxygens (including phenoxy) is 1. The highest BCUT2D eigenvalue weighted by atomic mass is 16.5. The van der Waals surface area contributed by atoms with Crippen molar-refractivity contribution in [2.45, 2.75) is 65.6 Å². The SMILES string of the molecule is CCC1OCC(=O)C1NC(=O)C(CC(C)C(C)C)NC(=O)c1ccoc1C. The smallest absolute Gasteiger partial charge is 0.255 e. The van der Waals surface area contributed by atoms with Crippen molar-refractivity contribution in [1.29, 1.82) is 0 Å². The molecule has 4 atom stereocenters. The Morgan fingerprint density at radius 1 is 1.30 bits per heavy atom. The fourth-order valence-corrected chi connectivity index (χ4v) is 3.10. The lowest BCUT2D eigenvalue weighted by Crippen LogP contribution is -2.53. The molecule has 1 aromatic heterocycles. The van der Waals surface area contributed by atoms with E-state index < -0.39 is 12.1 Å². The van der Waals surface area contributed by atoms with Gasteiger partial charge in [0.15, 0.2) is 5.78 Å². The van der Waals surface area contributed by atoms with Gasteiger partial charge in [0, 0.05) is 0 Å². The van der Waals surface area contributed by atoms with Crippen LogP contribution in [0.5, 0.6) is 0 Å². The minimum atomic E-state index is -0.741. The maximum Gasteiger partial charge on any atom is 0.255 e. The van der Waals surface area contributed by atoms with Crippen LogP contribution >= 0.6 is 0 Å². The second-order valence-electron chi connectivity index (χ2n) is 7.58. The Labute approximate surface area is 160 Å². The molecule has 0 aliphatic carbocycles. The average molecular weight is 378 g/mol. The van der Waals surface area contributed by atoms with Gasteiger partial charge in [-0.05, 0) is 37.7 Å². The highest BCUT2D eigenvalue weighted by Gasteiger charge is 2.37. The van der Waals surface area contributed by atoms with Crippen LogP contribution in [0.15, 0.2) is 16.7 Å². The summed E-state index contributed by atoms with van der Waals surface area (Å²) in [5, 5.41) is 5.59. The lowest BCUT2D eigenvalue weighted by molar-refractivity contribution is -0.128. The van der Waals surface area contributed by atoms with Crippen LogP contribution in [-0.2, 0) is 14.3 Å². The van der Waals surface area contributed by atoms with Gasteiger partial charge < -0.3 is 19.8 Å². The van der Waals surface area contributed by atoms with Gasteiger partial charge in [-0.15, -0.1) is 0 Å². The van der Waals surface area contributed by atoms with Crippen molar-refractivity contribution in [1.82, 2.24) is 10.6 Å². The normalized spacial score (nSPS) is 21.9.